The van der Waals surface area contributed by atoms with Gasteiger partial charge in [-0.2, -0.15) is 0 Å². The lowest BCUT2D eigenvalue weighted by Gasteiger charge is -2.18. The molecule has 0 saturated heterocycles. The van der Waals surface area contributed by atoms with Crippen molar-refractivity contribution >= 4 is 50.7 Å². The number of benzene rings is 1. The number of nitrogen functional groups attached to an aromatic ring is 1. The molecule has 0 bridgehead atoms. The maximum atomic E-state index is 13.9. The summed E-state index contributed by atoms with van der Waals surface area (Å²) in [6, 6.07) is 6.17. The van der Waals surface area contributed by atoms with Crippen molar-refractivity contribution in [1.82, 2.24) is 9.88 Å². The van der Waals surface area contributed by atoms with Gasteiger partial charge in [-0.3, -0.25) is 4.79 Å². The number of pyridine rings is 1. The van der Waals surface area contributed by atoms with Crippen molar-refractivity contribution in [2.24, 2.45) is 0 Å². The minimum atomic E-state index is -0.701. The first-order valence-electron chi connectivity index (χ1n) is 8.69. The van der Waals surface area contributed by atoms with E-state index in [4.69, 9.17) is 22.1 Å². The topological polar surface area (TPSA) is 85.5 Å². The van der Waals surface area contributed by atoms with E-state index >= 15 is 0 Å². The molecule has 3 aromatic rings. The van der Waals surface area contributed by atoms with Gasteiger partial charge in [0.05, 0.1) is 5.69 Å². The summed E-state index contributed by atoms with van der Waals surface area (Å²) in [5.74, 6) is -1.71. The minimum Gasteiger partial charge on any atom is -0.451 e. The predicted octanol–water partition coefficient (Wildman–Crippen LogP) is 4.10. The van der Waals surface area contributed by atoms with Gasteiger partial charge in [-0.05, 0) is 37.6 Å². The molecule has 0 aliphatic carbocycles. The number of thiophene rings is 1. The van der Waals surface area contributed by atoms with Gasteiger partial charge in [-0.1, -0.05) is 17.7 Å². The van der Waals surface area contributed by atoms with Crippen molar-refractivity contribution in [2.45, 2.75) is 20.4 Å². The fourth-order valence-corrected chi connectivity index (χ4v) is 4.27. The van der Waals surface area contributed by atoms with E-state index in [9.17, 15) is 14.0 Å². The Balaban J connectivity index is 1.69. The molecule has 0 unspecified atom stereocenters. The molecular weight excluding hydrogens is 417 g/mol. The lowest BCUT2D eigenvalue weighted by Crippen LogP contribution is -2.31. The van der Waals surface area contributed by atoms with Crippen molar-refractivity contribution in [3.8, 4) is 0 Å². The number of nitrogens with two attached hydrogens (primary N) is 1. The smallest absolute Gasteiger partial charge is 0.351 e. The monoisotopic (exact) mass is 435 g/mol. The first-order valence-corrected chi connectivity index (χ1v) is 9.88. The van der Waals surface area contributed by atoms with Gasteiger partial charge in [0.2, 0.25) is 0 Å². The Labute approximate surface area is 176 Å². The molecular formula is C20H19ClFN3O3S. The number of carbonyl (C=O) groups is 2. The van der Waals surface area contributed by atoms with Crippen LogP contribution in [0.15, 0.2) is 24.3 Å². The summed E-state index contributed by atoms with van der Waals surface area (Å²) in [6.45, 7) is 3.20. The Morgan fingerprint density at radius 3 is 2.76 bits per heavy atom. The molecule has 2 N–H and O–H groups in total. The van der Waals surface area contributed by atoms with E-state index in [0.29, 0.717) is 15.9 Å². The van der Waals surface area contributed by atoms with E-state index in [-0.39, 0.29) is 22.0 Å². The number of aromatic nitrogens is 1. The Morgan fingerprint density at radius 2 is 2.07 bits per heavy atom. The number of carbonyl (C=O) groups excluding carboxylic acids is 2. The number of likely N-dealkylation sites (N-methyl/N-ethyl adjacent to an activating group) is 1. The normalized spacial score (nSPS) is 10.9. The molecule has 9 heteroatoms. The van der Waals surface area contributed by atoms with Crippen LogP contribution in [0.4, 0.5) is 10.1 Å². The van der Waals surface area contributed by atoms with Crippen LogP contribution < -0.4 is 5.73 Å². The summed E-state index contributed by atoms with van der Waals surface area (Å²) in [7, 11) is 1.47. The third-order valence-corrected chi connectivity index (χ3v) is 5.85. The van der Waals surface area contributed by atoms with Gasteiger partial charge >= 0.3 is 5.97 Å². The number of rotatable bonds is 5. The second kappa shape index (κ2) is 8.34. The summed E-state index contributed by atoms with van der Waals surface area (Å²) in [6.07, 6.45) is 0. The second-order valence-corrected chi connectivity index (χ2v) is 8.04. The highest BCUT2D eigenvalue weighted by molar-refractivity contribution is 7.21. The van der Waals surface area contributed by atoms with E-state index in [0.717, 1.165) is 22.6 Å². The van der Waals surface area contributed by atoms with Gasteiger partial charge in [0.1, 0.15) is 15.5 Å². The van der Waals surface area contributed by atoms with Gasteiger partial charge in [-0.15, -0.1) is 11.3 Å². The number of hydrogen-bond acceptors (Lipinski definition) is 6. The maximum Gasteiger partial charge on any atom is 0.351 e. The van der Waals surface area contributed by atoms with Gasteiger partial charge in [0.15, 0.2) is 6.61 Å². The lowest BCUT2D eigenvalue weighted by molar-refractivity contribution is -0.133. The molecule has 2 aromatic heterocycles. The molecule has 0 radical (unpaired) electrons. The summed E-state index contributed by atoms with van der Waals surface area (Å²) in [5, 5.41) is 0.933. The summed E-state index contributed by atoms with van der Waals surface area (Å²) in [5.41, 5.74) is 8.33. The molecule has 29 heavy (non-hydrogen) atoms. The maximum absolute atomic E-state index is 13.9. The highest BCUT2D eigenvalue weighted by Crippen LogP contribution is 2.35. The highest BCUT2D eigenvalue weighted by Gasteiger charge is 2.22. The van der Waals surface area contributed by atoms with Gasteiger partial charge in [-0.25, -0.2) is 14.2 Å². The second-order valence-electron chi connectivity index (χ2n) is 6.63. The highest BCUT2D eigenvalue weighted by atomic mass is 35.5. The Hall–Kier alpha value is -2.71. The van der Waals surface area contributed by atoms with Crippen molar-refractivity contribution in [3.05, 3.63) is 56.8 Å². The number of hydrogen-bond donors (Lipinski definition) is 1. The molecule has 152 valence electrons. The van der Waals surface area contributed by atoms with Gasteiger partial charge in [0, 0.05) is 35.3 Å². The summed E-state index contributed by atoms with van der Waals surface area (Å²) in [4.78, 5) is 31.2. The molecule has 0 spiro atoms. The quantitative estimate of drug-likeness (QED) is 0.610. The lowest BCUT2D eigenvalue weighted by atomic mass is 10.1. The Kier molecular flexibility index (Phi) is 6.04. The standard InChI is InChI=1S/C20H19ClFN3O3S/c1-10-7-11(2)24-19-16(10)17(23)18(29-19)20(27)28-9-15(26)25(3)8-12-13(21)5-4-6-14(12)22/h4-7H,8-9,23H2,1-3H3. The van der Waals surface area contributed by atoms with Gasteiger partial charge < -0.3 is 15.4 Å². The van der Waals surface area contributed by atoms with Crippen LogP contribution in [0.3, 0.4) is 0 Å². The SMILES string of the molecule is Cc1cc(C)c2c(N)c(C(=O)OCC(=O)N(C)Cc3c(F)cccc3Cl)sc2n1. The number of esters is 1. The van der Waals surface area contributed by atoms with E-state index < -0.39 is 24.3 Å². The summed E-state index contributed by atoms with van der Waals surface area (Å²) < 4.78 is 19.0. The number of nitrogens with zero attached hydrogens (tertiary/aromatic N) is 2. The number of aryl methyl sites for hydroxylation is 2. The molecule has 6 nitrogen and oxygen atoms in total. The molecule has 0 saturated carbocycles. The number of ether oxygens (including phenoxy) is 1. The minimum absolute atomic E-state index is 0.0463. The first-order chi connectivity index (χ1) is 13.7. The van der Waals surface area contributed by atoms with Crippen LogP contribution in [0.5, 0.6) is 0 Å². The number of amides is 1. The van der Waals surface area contributed by atoms with Crippen molar-refractivity contribution in [2.75, 3.05) is 19.4 Å². The van der Waals surface area contributed by atoms with Crippen LogP contribution in [0.1, 0.15) is 26.5 Å². The molecule has 1 aromatic carbocycles. The molecule has 0 atom stereocenters. The average Bonchev–Trinajstić information content (AvgIpc) is 2.99. The average molecular weight is 436 g/mol. The van der Waals surface area contributed by atoms with Crippen LogP contribution in [0.2, 0.25) is 5.02 Å². The number of halogens is 2. The zero-order chi connectivity index (χ0) is 21.3. The summed E-state index contributed by atoms with van der Waals surface area (Å²) >= 11 is 7.11. The van der Waals surface area contributed by atoms with E-state index in [2.05, 4.69) is 4.98 Å². The number of anilines is 1. The third kappa shape index (κ3) is 4.33. The number of fused-ring (bicyclic) bond motifs is 1. The Bertz CT molecular complexity index is 1100. The first kappa shape index (κ1) is 21.0. The van der Waals surface area contributed by atoms with Crippen LogP contribution in [-0.2, 0) is 16.1 Å². The largest absolute Gasteiger partial charge is 0.451 e. The Morgan fingerprint density at radius 1 is 1.34 bits per heavy atom. The molecule has 0 aliphatic rings. The fraction of sp³-hybridized carbons (Fsp3) is 0.250. The fourth-order valence-electron chi connectivity index (χ4n) is 2.93. The molecule has 0 fully saturated rings. The third-order valence-electron chi connectivity index (χ3n) is 4.42. The van der Waals surface area contributed by atoms with Gasteiger partial charge in [0.25, 0.3) is 5.91 Å². The van der Waals surface area contributed by atoms with Crippen molar-refractivity contribution < 1.29 is 18.7 Å². The van der Waals surface area contributed by atoms with E-state index in [1.54, 1.807) is 6.07 Å². The zero-order valence-electron chi connectivity index (χ0n) is 16.1. The molecule has 1 amide bonds. The predicted molar refractivity (Wildman–Crippen MR) is 112 cm³/mol. The van der Waals surface area contributed by atoms with Crippen LogP contribution in [-0.4, -0.2) is 35.4 Å². The van der Waals surface area contributed by atoms with Crippen LogP contribution in [0.25, 0.3) is 10.2 Å². The molecule has 3 rings (SSSR count). The molecule has 2 heterocycles. The van der Waals surface area contributed by atoms with Crippen LogP contribution in [0, 0.1) is 19.7 Å². The van der Waals surface area contributed by atoms with Crippen LogP contribution >= 0.6 is 22.9 Å². The molecule has 0 aliphatic heterocycles. The van der Waals surface area contributed by atoms with E-state index in [1.807, 2.05) is 19.9 Å². The zero-order valence-corrected chi connectivity index (χ0v) is 17.7. The van der Waals surface area contributed by atoms with Crippen molar-refractivity contribution in [1.29, 1.82) is 0 Å². The van der Waals surface area contributed by atoms with E-state index in [1.165, 1.54) is 24.1 Å². The van der Waals surface area contributed by atoms with Crippen molar-refractivity contribution in [3.63, 3.8) is 0 Å².